The Balaban J connectivity index is -0.000000249. The van der Waals surface area contributed by atoms with Crippen LogP contribution in [-0.2, 0) is 9.59 Å². The average molecular weight is 230 g/mol. The molecule has 0 bridgehead atoms. The van der Waals surface area contributed by atoms with Crippen LogP contribution in [0, 0.1) is 0 Å². The molecule has 3 N–H and O–H groups in total. The van der Waals surface area contributed by atoms with Crippen molar-refractivity contribution in [1.29, 1.82) is 0 Å². The number of rotatable bonds is 5. The normalized spacial score (nSPS) is 7.73. The summed E-state index contributed by atoms with van der Waals surface area (Å²) in [6.07, 6.45) is -1.07. The average Bonchev–Trinajstić information content (AvgIpc) is 1.96. The Labute approximate surface area is 108 Å². The van der Waals surface area contributed by atoms with Gasteiger partial charge in [-0.1, -0.05) is 0 Å². The van der Waals surface area contributed by atoms with Crippen LogP contribution in [0.5, 0.6) is 0 Å². The molecule has 7 nitrogen and oxygen atoms in total. The van der Waals surface area contributed by atoms with Crippen LogP contribution in [0.4, 0.5) is 4.79 Å². The van der Waals surface area contributed by atoms with Crippen LogP contribution < -0.4 is 34.7 Å². The third-order valence-electron chi connectivity index (χ3n) is 1.03. The molecule has 0 aliphatic heterocycles. The van der Waals surface area contributed by atoms with Gasteiger partial charge in [0.05, 0.1) is 0 Å². The number of carboxylic acids is 2. The van der Waals surface area contributed by atoms with Crippen LogP contribution in [0.25, 0.3) is 0 Å². The molecule has 0 aromatic carbocycles. The first-order valence-electron chi connectivity index (χ1n) is 3.69. The monoisotopic (exact) mass is 230 g/mol. The molecule has 0 aromatic rings. The fourth-order valence-electron chi connectivity index (χ4n) is 0.552. The molecule has 0 atom stereocenters. The van der Waals surface area contributed by atoms with Gasteiger partial charge in [-0.3, -0.25) is 9.59 Å². The summed E-state index contributed by atoms with van der Waals surface area (Å²) >= 11 is 0. The fraction of sp³-hybridized carbons (Fsp3) is 0.571. The molecule has 0 amide bonds. The predicted molar refractivity (Wildman–Crippen MR) is 41.8 cm³/mol. The summed E-state index contributed by atoms with van der Waals surface area (Å²) in [5.74, 6) is -1.74. The van der Waals surface area contributed by atoms with Crippen LogP contribution >= 0.6 is 0 Å². The molecule has 0 heterocycles. The van der Waals surface area contributed by atoms with Crippen molar-refractivity contribution in [2.75, 3.05) is 0 Å². The summed E-state index contributed by atoms with van der Waals surface area (Å²) in [4.78, 5) is 28.2. The van der Waals surface area contributed by atoms with Crippen molar-refractivity contribution in [2.24, 2.45) is 0 Å². The number of hydrogen-bond acceptors (Lipinski definition) is 4. The van der Waals surface area contributed by atoms with Crippen molar-refractivity contribution >= 4 is 18.1 Å². The molecular formula is C7H11NaO7. The second-order valence-electron chi connectivity index (χ2n) is 2.26. The van der Waals surface area contributed by atoms with Gasteiger partial charge in [0.15, 0.2) is 0 Å². The second kappa shape index (κ2) is 13.2. The molecule has 0 spiro atoms. The SMILES string of the molecule is O=C(O)CCCCC(=O)O.O=C([O-])O.[Na+]. The van der Waals surface area contributed by atoms with Crippen LogP contribution in [0.1, 0.15) is 25.7 Å². The molecule has 0 aliphatic rings. The number of aliphatic carboxylic acids is 2. The standard InChI is InChI=1S/C6H10O4.CH2O3.Na/c7-5(8)3-1-2-4-6(9)10;2-1(3)4;/h1-4H2,(H,7,8)(H,9,10);(H2,2,3,4);/q;;+1/p-1. The van der Waals surface area contributed by atoms with Gasteiger partial charge in [0, 0.05) is 12.8 Å². The van der Waals surface area contributed by atoms with Gasteiger partial charge in [0.25, 0.3) is 0 Å². The zero-order valence-electron chi connectivity index (χ0n) is 8.30. The van der Waals surface area contributed by atoms with Gasteiger partial charge in [0.1, 0.15) is 0 Å². The summed E-state index contributed by atoms with van der Waals surface area (Å²) in [5.41, 5.74) is 0. The zero-order valence-corrected chi connectivity index (χ0v) is 10.3. The van der Waals surface area contributed by atoms with E-state index in [2.05, 4.69) is 0 Å². The molecule has 0 saturated carbocycles. The number of carbonyl (C=O) groups is 3. The Morgan fingerprint density at radius 3 is 1.20 bits per heavy atom. The van der Waals surface area contributed by atoms with Crippen molar-refractivity contribution < 1.29 is 64.4 Å². The third kappa shape index (κ3) is 43.0. The summed E-state index contributed by atoms with van der Waals surface area (Å²) in [5, 5.41) is 31.6. The minimum absolute atomic E-state index is 0. The van der Waals surface area contributed by atoms with Crippen molar-refractivity contribution in [3.05, 3.63) is 0 Å². The molecule has 0 radical (unpaired) electrons. The Kier molecular flexibility index (Phi) is 17.4. The van der Waals surface area contributed by atoms with Gasteiger partial charge >= 0.3 is 41.5 Å². The predicted octanol–water partition coefficient (Wildman–Crippen LogP) is -3.39. The molecule has 0 unspecified atom stereocenters. The van der Waals surface area contributed by atoms with E-state index in [1.165, 1.54) is 0 Å². The zero-order chi connectivity index (χ0) is 11.6. The largest absolute Gasteiger partial charge is 1.00 e. The van der Waals surface area contributed by atoms with E-state index in [0.29, 0.717) is 12.8 Å². The maximum Gasteiger partial charge on any atom is 1.00 e. The fourth-order valence-corrected chi connectivity index (χ4v) is 0.552. The first kappa shape index (κ1) is 19.7. The number of hydrogen-bond donors (Lipinski definition) is 3. The molecule has 0 fully saturated rings. The third-order valence-corrected chi connectivity index (χ3v) is 1.03. The van der Waals surface area contributed by atoms with Crippen LogP contribution in [-0.4, -0.2) is 33.4 Å². The Bertz CT molecular complexity index is 184. The van der Waals surface area contributed by atoms with Crippen molar-refractivity contribution in [3.8, 4) is 0 Å². The van der Waals surface area contributed by atoms with E-state index in [4.69, 9.17) is 25.2 Å². The van der Waals surface area contributed by atoms with E-state index in [1.54, 1.807) is 0 Å². The van der Waals surface area contributed by atoms with E-state index < -0.39 is 18.1 Å². The second-order valence-corrected chi connectivity index (χ2v) is 2.26. The van der Waals surface area contributed by atoms with Crippen LogP contribution in [0.15, 0.2) is 0 Å². The molecule has 0 aromatic heterocycles. The molecule has 0 rings (SSSR count). The van der Waals surface area contributed by atoms with Gasteiger partial charge in [-0.25, -0.2) is 0 Å². The van der Waals surface area contributed by atoms with Gasteiger partial charge in [-0.15, -0.1) is 0 Å². The topological polar surface area (TPSA) is 135 Å². The molecular weight excluding hydrogens is 219 g/mol. The van der Waals surface area contributed by atoms with Gasteiger partial charge in [0.2, 0.25) is 6.16 Å². The maximum absolute atomic E-state index is 9.90. The van der Waals surface area contributed by atoms with Crippen LogP contribution in [0.3, 0.4) is 0 Å². The number of carboxylic acid groups (broad SMARTS) is 4. The quantitative estimate of drug-likeness (QED) is 0.331. The summed E-state index contributed by atoms with van der Waals surface area (Å²) in [6.45, 7) is 0. The minimum atomic E-state index is -2.08. The Morgan fingerprint density at radius 1 is 0.867 bits per heavy atom. The summed E-state index contributed by atoms with van der Waals surface area (Å²) in [7, 11) is 0. The Hall–Kier alpha value is -0.790. The van der Waals surface area contributed by atoms with Crippen molar-refractivity contribution in [3.63, 3.8) is 0 Å². The van der Waals surface area contributed by atoms with Gasteiger partial charge in [-0.2, -0.15) is 0 Å². The van der Waals surface area contributed by atoms with E-state index >= 15 is 0 Å². The van der Waals surface area contributed by atoms with Crippen molar-refractivity contribution in [1.82, 2.24) is 0 Å². The number of unbranched alkanes of at least 4 members (excludes halogenated alkanes) is 1. The molecule has 0 aliphatic carbocycles. The molecule has 82 valence electrons. The Morgan fingerprint density at radius 2 is 1.07 bits per heavy atom. The van der Waals surface area contributed by atoms with E-state index in [0.717, 1.165) is 0 Å². The smallest absolute Gasteiger partial charge is 0.565 e. The van der Waals surface area contributed by atoms with E-state index in [-0.39, 0.29) is 42.4 Å². The minimum Gasteiger partial charge on any atom is -0.565 e. The van der Waals surface area contributed by atoms with Crippen molar-refractivity contribution in [2.45, 2.75) is 25.7 Å². The maximum atomic E-state index is 9.90. The molecule has 0 saturated heterocycles. The molecule has 15 heavy (non-hydrogen) atoms. The van der Waals surface area contributed by atoms with Gasteiger partial charge in [-0.05, 0) is 12.8 Å². The van der Waals surface area contributed by atoms with Crippen LogP contribution in [0.2, 0.25) is 0 Å². The van der Waals surface area contributed by atoms with E-state index in [1.807, 2.05) is 0 Å². The van der Waals surface area contributed by atoms with Gasteiger partial charge < -0.3 is 25.2 Å². The summed E-state index contributed by atoms with van der Waals surface area (Å²) < 4.78 is 0. The molecule has 8 heteroatoms. The summed E-state index contributed by atoms with van der Waals surface area (Å²) in [6, 6.07) is 0. The first-order valence-corrected chi connectivity index (χ1v) is 3.69. The van der Waals surface area contributed by atoms with E-state index in [9.17, 15) is 9.59 Å². The first-order chi connectivity index (χ1) is 6.36.